The summed E-state index contributed by atoms with van der Waals surface area (Å²) in [5.74, 6) is 0.334. The van der Waals surface area contributed by atoms with Gasteiger partial charge in [0.25, 0.3) is 5.91 Å². The molecule has 2 bridgehead atoms. The van der Waals surface area contributed by atoms with Gasteiger partial charge in [0.1, 0.15) is 0 Å². The molecule has 6 rings (SSSR count). The lowest BCUT2D eigenvalue weighted by Gasteiger charge is -2.47. The number of allylic oxidation sites excluding steroid dienone is 4. The number of halogens is 1. The van der Waals surface area contributed by atoms with Crippen molar-refractivity contribution >= 4 is 23.5 Å². The minimum Gasteiger partial charge on any atom is -0.365 e. The summed E-state index contributed by atoms with van der Waals surface area (Å²) in [7, 11) is 0. The maximum atomic E-state index is 13.2. The van der Waals surface area contributed by atoms with Gasteiger partial charge in [-0.15, -0.1) is 0 Å². The Morgan fingerprint density at radius 2 is 1.94 bits per heavy atom. The maximum Gasteiger partial charge on any atom is 0.318 e. The van der Waals surface area contributed by atoms with Crippen molar-refractivity contribution in [3.8, 4) is 0 Å². The molecule has 3 saturated carbocycles. The Bertz CT molecular complexity index is 975. The molecule has 1 atom stereocenters. The quantitative estimate of drug-likeness (QED) is 0.747. The number of nitrogens with two attached hydrogens (primary N) is 1. The zero-order valence-electron chi connectivity index (χ0n) is 18.0. The van der Waals surface area contributed by atoms with Crippen molar-refractivity contribution < 1.29 is 9.59 Å². The minimum absolute atomic E-state index is 0.0421. The molecule has 0 spiro atoms. The van der Waals surface area contributed by atoms with E-state index in [4.69, 9.17) is 22.4 Å². The topological polar surface area (TPSA) is 93.2 Å². The van der Waals surface area contributed by atoms with Gasteiger partial charge < -0.3 is 16.0 Å². The molecule has 5 aliphatic rings. The molecule has 0 radical (unpaired) electrons. The second kappa shape index (κ2) is 7.40. The number of hydrogen-bond acceptors (Lipinski definition) is 3. The van der Waals surface area contributed by atoms with Crippen LogP contribution in [-0.2, 0) is 18.5 Å². The minimum atomic E-state index is -0.511. The summed E-state index contributed by atoms with van der Waals surface area (Å²) >= 11 is 6.29. The number of urea groups is 1. The van der Waals surface area contributed by atoms with Gasteiger partial charge in [0.05, 0.1) is 30.0 Å². The number of nitrogens with one attached hydrogen (secondary N) is 1. The van der Waals surface area contributed by atoms with E-state index in [1.54, 1.807) is 4.90 Å². The van der Waals surface area contributed by atoms with E-state index in [0.29, 0.717) is 48.0 Å². The van der Waals surface area contributed by atoms with Crippen LogP contribution in [0.1, 0.15) is 73.6 Å². The largest absolute Gasteiger partial charge is 0.365 e. The van der Waals surface area contributed by atoms with Crippen LogP contribution in [0.2, 0.25) is 0 Å². The Morgan fingerprint density at radius 3 is 2.58 bits per heavy atom. The van der Waals surface area contributed by atoms with E-state index in [9.17, 15) is 9.59 Å². The van der Waals surface area contributed by atoms with E-state index in [1.165, 1.54) is 19.3 Å². The van der Waals surface area contributed by atoms with Gasteiger partial charge >= 0.3 is 6.03 Å². The molecule has 31 heavy (non-hydrogen) atoms. The van der Waals surface area contributed by atoms with E-state index in [1.807, 2.05) is 29.8 Å². The molecule has 3 fully saturated rings. The third kappa shape index (κ3) is 3.56. The number of primary amides is 1. The summed E-state index contributed by atoms with van der Waals surface area (Å²) < 4.78 is 1.84. The summed E-state index contributed by atoms with van der Waals surface area (Å²) in [6.07, 6.45) is 13.2. The van der Waals surface area contributed by atoms with E-state index in [0.717, 1.165) is 25.2 Å². The van der Waals surface area contributed by atoms with Crippen molar-refractivity contribution in [3.63, 3.8) is 0 Å². The molecule has 1 unspecified atom stereocenters. The van der Waals surface area contributed by atoms with Gasteiger partial charge in [-0.3, -0.25) is 9.48 Å². The van der Waals surface area contributed by atoms with Crippen LogP contribution in [0.5, 0.6) is 0 Å². The highest BCUT2D eigenvalue weighted by Crippen LogP contribution is 2.44. The average Bonchev–Trinajstić information content (AvgIpc) is 3.14. The van der Waals surface area contributed by atoms with Gasteiger partial charge in [0.15, 0.2) is 0 Å². The van der Waals surface area contributed by atoms with Crippen molar-refractivity contribution in [2.24, 2.45) is 11.7 Å². The second-order valence-electron chi connectivity index (χ2n) is 9.94. The molecule has 0 aromatic carbocycles. The fourth-order valence-electron chi connectivity index (χ4n) is 5.89. The SMILES string of the molecule is CC1(c2nn3c(c2C(N)=O)CN(C(=O)NC24CCC(CC2)CC4)CC3)C=CC=C(Cl)C1. The standard InChI is InChI=1S/C23H30ClN5O2/c1-22(7-2-3-16(24)13-22)19-18(20(25)30)17-14-28(11-12-29(17)27-19)21(31)26-23-8-4-15(5-9-23)6-10-23/h2-3,7,15H,4-6,8-14H2,1H3,(H2,25,30)(H,26,31). The van der Waals surface area contributed by atoms with Crippen LogP contribution in [0.15, 0.2) is 23.3 Å². The van der Waals surface area contributed by atoms with Gasteiger partial charge in [-0.1, -0.05) is 30.7 Å². The maximum absolute atomic E-state index is 13.2. The number of fused-ring (bicyclic) bond motifs is 4. The molecule has 3 amide bonds. The van der Waals surface area contributed by atoms with E-state index >= 15 is 0 Å². The second-order valence-corrected chi connectivity index (χ2v) is 10.4. The summed E-state index contributed by atoms with van der Waals surface area (Å²) in [6.45, 7) is 3.45. The number of nitrogens with zero attached hydrogens (tertiary/aromatic N) is 3. The highest BCUT2D eigenvalue weighted by Gasteiger charge is 2.43. The van der Waals surface area contributed by atoms with Crippen LogP contribution in [0.25, 0.3) is 0 Å². The van der Waals surface area contributed by atoms with Gasteiger partial charge in [0, 0.05) is 22.5 Å². The predicted octanol–water partition coefficient (Wildman–Crippen LogP) is 3.57. The molecule has 0 saturated heterocycles. The van der Waals surface area contributed by atoms with Crippen LogP contribution < -0.4 is 11.1 Å². The number of rotatable bonds is 3. The fourth-order valence-corrected chi connectivity index (χ4v) is 6.24. The molecule has 7 nitrogen and oxygen atoms in total. The van der Waals surface area contributed by atoms with Gasteiger partial charge in [0.2, 0.25) is 0 Å². The van der Waals surface area contributed by atoms with Crippen molar-refractivity contribution in [2.75, 3.05) is 6.54 Å². The lowest BCUT2D eigenvalue weighted by molar-refractivity contribution is 0.0964. The highest BCUT2D eigenvalue weighted by atomic mass is 35.5. The Morgan fingerprint density at radius 1 is 1.23 bits per heavy atom. The van der Waals surface area contributed by atoms with Crippen molar-refractivity contribution in [2.45, 2.75) is 75.9 Å². The number of hydrogen-bond donors (Lipinski definition) is 2. The first-order chi connectivity index (χ1) is 14.8. The highest BCUT2D eigenvalue weighted by molar-refractivity contribution is 6.29. The van der Waals surface area contributed by atoms with E-state index < -0.39 is 11.3 Å². The molecule has 2 heterocycles. The van der Waals surface area contributed by atoms with Gasteiger partial charge in [-0.25, -0.2) is 4.79 Å². The molecule has 1 aliphatic heterocycles. The van der Waals surface area contributed by atoms with Gasteiger partial charge in [-0.2, -0.15) is 5.10 Å². The Hall–Kier alpha value is -2.28. The first kappa shape index (κ1) is 20.6. The summed E-state index contributed by atoms with van der Waals surface area (Å²) in [5, 5.41) is 8.84. The monoisotopic (exact) mass is 443 g/mol. The third-order valence-electron chi connectivity index (χ3n) is 7.80. The number of carbonyl (C=O) groups excluding carboxylic acids is 2. The number of aromatic nitrogens is 2. The molecular weight excluding hydrogens is 414 g/mol. The molecule has 3 N–H and O–H groups in total. The van der Waals surface area contributed by atoms with Gasteiger partial charge in [-0.05, 0) is 56.9 Å². The summed E-state index contributed by atoms with van der Waals surface area (Å²) in [6, 6.07) is -0.0421. The van der Waals surface area contributed by atoms with Crippen molar-refractivity contribution in [3.05, 3.63) is 40.2 Å². The normalized spacial score (nSPS) is 31.9. The Balaban J connectivity index is 1.40. The van der Waals surface area contributed by atoms with E-state index in [2.05, 4.69) is 5.32 Å². The first-order valence-corrected chi connectivity index (χ1v) is 11.7. The predicted molar refractivity (Wildman–Crippen MR) is 119 cm³/mol. The zero-order chi connectivity index (χ0) is 21.8. The molecular formula is C23H30ClN5O2. The van der Waals surface area contributed by atoms with Crippen molar-refractivity contribution in [1.82, 2.24) is 20.0 Å². The lowest BCUT2D eigenvalue weighted by atomic mass is 9.66. The summed E-state index contributed by atoms with van der Waals surface area (Å²) in [4.78, 5) is 27.5. The molecule has 8 heteroatoms. The van der Waals surface area contributed by atoms with Crippen LogP contribution in [0.3, 0.4) is 0 Å². The molecule has 1 aromatic rings. The lowest BCUT2D eigenvalue weighted by Crippen LogP contribution is -2.57. The molecule has 4 aliphatic carbocycles. The van der Waals surface area contributed by atoms with Crippen LogP contribution in [-0.4, -0.2) is 38.7 Å². The Labute approximate surface area is 187 Å². The van der Waals surface area contributed by atoms with Crippen molar-refractivity contribution in [1.29, 1.82) is 0 Å². The fraction of sp³-hybridized carbons (Fsp3) is 0.609. The smallest absolute Gasteiger partial charge is 0.318 e. The zero-order valence-corrected chi connectivity index (χ0v) is 18.7. The van der Waals surface area contributed by atoms with Crippen LogP contribution in [0, 0.1) is 5.92 Å². The first-order valence-electron chi connectivity index (χ1n) is 11.3. The van der Waals surface area contributed by atoms with E-state index in [-0.39, 0.29) is 11.6 Å². The number of carbonyl (C=O) groups is 2. The molecule has 1 aromatic heterocycles. The third-order valence-corrected chi connectivity index (χ3v) is 8.06. The average molecular weight is 444 g/mol. The summed E-state index contributed by atoms with van der Waals surface area (Å²) in [5.41, 5.74) is 7.04. The Kier molecular flexibility index (Phi) is 4.92. The number of amides is 3. The van der Waals surface area contributed by atoms with Crippen LogP contribution in [0.4, 0.5) is 4.79 Å². The molecule has 166 valence electrons. The van der Waals surface area contributed by atoms with Crippen LogP contribution >= 0.6 is 11.6 Å².